The van der Waals surface area contributed by atoms with Gasteiger partial charge in [0.25, 0.3) is 5.91 Å². The number of nitrogens with one attached hydrogen (secondary N) is 1. The van der Waals surface area contributed by atoms with Gasteiger partial charge < -0.3 is 11.1 Å². The molecule has 0 bridgehead atoms. The van der Waals surface area contributed by atoms with Crippen molar-refractivity contribution in [1.82, 2.24) is 15.1 Å². The third-order valence-corrected chi connectivity index (χ3v) is 3.19. The monoisotopic (exact) mass is 322 g/mol. The first-order valence-electron chi connectivity index (χ1n) is 5.88. The molecule has 2 rings (SSSR count). The minimum atomic E-state index is -0.172. The molecule has 0 aliphatic heterocycles. The normalized spacial score (nSPS) is 10.4. The number of nitrogens with zero attached hydrogens (tertiary/aromatic N) is 2. The molecule has 5 nitrogen and oxygen atoms in total. The van der Waals surface area contributed by atoms with Gasteiger partial charge in [0.2, 0.25) is 0 Å². The Morgan fingerprint density at radius 3 is 2.95 bits per heavy atom. The molecule has 1 amide bonds. The van der Waals surface area contributed by atoms with Gasteiger partial charge in [-0.1, -0.05) is 15.9 Å². The first-order valence-corrected chi connectivity index (χ1v) is 6.67. The zero-order chi connectivity index (χ0) is 13.8. The Hall–Kier alpha value is -1.82. The van der Waals surface area contributed by atoms with Crippen molar-refractivity contribution in [3.05, 3.63) is 46.2 Å². The number of carbonyl (C=O) groups is 1. The summed E-state index contributed by atoms with van der Waals surface area (Å²) in [5.74, 6) is -0.172. The minimum Gasteiger partial charge on any atom is -0.398 e. The Kier molecular flexibility index (Phi) is 4.21. The maximum atomic E-state index is 12.0. The summed E-state index contributed by atoms with van der Waals surface area (Å²) in [5, 5.41) is 7.08. The van der Waals surface area contributed by atoms with Crippen LogP contribution in [-0.2, 0) is 13.5 Å². The van der Waals surface area contributed by atoms with E-state index in [-0.39, 0.29) is 5.91 Å². The fourth-order valence-corrected chi connectivity index (χ4v) is 2.08. The molecule has 3 N–H and O–H groups in total. The van der Waals surface area contributed by atoms with Crippen molar-refractivity contribution in [3.63, 3.8) is 0 Å². The van der Waals surface area contributed by atoms with Gasteiger partial charge >= 0.3 is 0 Å². The molecule has 0 aliphatic rings. The highest BCUT2D eigenvalue weighted by atomic mass is 79.9. The molecule has 0 atom stereocenters. The molecule has 1 heterocycles. The molecular formula is C13H15BrN4O. The molecule has 0 spiro atoms. The van der Waals surface area contributed by atoms with Crippen molar-refractivity contribution >= 4 is 27.5 Å². The standard InChI is InChI=1S/C13H15BrN4O/c1-18-7-5-10(17-18)4-6-16-13(19)11-8-9(14)2-3-12(11)15/h2-3,5,7-8H,4,6,15H2,1H3,(H,16,19). The van der Waals surface area contributed by atoms with Crippen molar-refractivity contribution in [1.29, 1.82) is 0 Å². The second-order valence-corrected chi connectivity index (χ2v) is 5.13. The van der Waals surface area contributed by atoms with E-state index in [0.29, 0.717) is 24.2 Å². The van der Waals surface area contributed by atoms with Crippen molar-refractivity contribution in [3.8, 4) is 0 Å². The van der Waals surface area contributed by atoms with Crippen LogP contribution in [0.3, 0.4) is 0 Å². The summed E-state index contributed by atoms with van der Waals surface area (Å²) in [5.41, 5.74) is 7.68. The number of rotatable bonds is 4. The fraction of sp³-hybridized carbons (Fsp3) is 0.231. The Bertz CT molecular complexity index is 594. The average Bonchev–Trinajstić information content (AvgIpc) is 2.78. The van der Waals surface area contributed by atoms with Crippen LogP contribution in [0.1, 0.15) is 16.1 Å². The third-order valence-electron chi connectivity index (χ3n) is 2.70. The molecule has 0 aliphatic carbocycles. The van der Waals surface area contributed by atoms with E-state index < -0.39 is 0 Å². The van der Waals surface area contributed by atoms with Crippen LogP contribution in [0.15, 0.2) is 34.9 Å². The highest BCUT2D eigenvalue weighted by Gasteiger charge is 2.09. The van der Waals surface area contributed by atoms with Crippen molar-refractivity contribution < 1.29 is 4.79 Å². The van der Waals surface area contributed by atoms with Crippen molar-refractivity contribution in [2.75, 3.05) is 12.3 Å². The Labute approximate surface area is 119 Å². The second kappa shape index (κ2) is 5.88. The second-order valence-electron chi connectivity index (χ2n) is 4.22. The maximum Gasteiger partial charge on any atom is 0.253 e. The zero-order valence-corrected chi connectivity index (χ0v) is 12.1. The summed E-state index contributed by atoms with van der Waals surface area (Å²) in [6.07, 6.45) is 2.57. The van der Waals surface area contributed by atoms with Crippen molar-refractivity contribution in [2.45, 2.75) is 6.42 Å². The van der Waals surface area contributed by atoms with E-state index in [2.05, 4.69) is 26.3 Å². The SMILES string of the molecule is Cn1ccc(CCNC(=O)c2cc(Br)ccc2N)n1. The van der Waals surface area contributed by atoms with Gasteiger partial charge in [0.15, 0.2) is 0 Å². The number of nitrogens with two attached hydrogens (primary N) is 1. The van der Waals surface area contributed by atoms with Gasteiger partial charge in [0, 0.05) is 36.4 Å². The van der Waals surface area contributed by atoms with E-state index in [9.17, 15) is 4.79 Å². The number of amides is 1. The van der Waals surface area contributed by atoms with Crippen LogP contribution in [0.5, 0.6) is 0 Å². The lowest BCUT2D eigenvalue weighted by Crippen LogP contribution is -2.26. The number of aryl methyl sites for hydroxylation is 1. The topological polar surface area (TPSA) is 72.9 Å². The average molecular weight is 323 g/mol. The smallest absolute Gasteiger partial charge is 0.253 e. The summed E-state index contributed by atoms with van der Waals surface area (Å²) in [6, 6.07) is 7.16. The summed E-state index contributed by atoms with van der Waals surface area (Å²) in [4.78, 5) is 12.0. The van der Waals surface area contributed by atoms with Crippen LogP contribution in [0.4, 0.5) is 5.69 Å². The van der Waals surface area contributed by atoms with Crippen LogP contribution >= 0.6 is 15.9 Å². The zero-order valence-electron chi connectivity index (χ0n) is 10.6. The molecule has 0 radical (unpaired) electrons. The number of anilines is 1. The van der Waals surface area contributed by atoms with Gasteiger partial charge in [-0.15, -0.1) is 0 Å². The van der Waals surface area contributed by atoms with Gasteiger partial charge in [-0.3, -0.25) is 9.48 Å². The largest absolute Gasteiger partial charge is 0.398 e. The minimum absolute atomic E-state index is 0.172. The summed E-state index contributed by atoms with van der Waals surface area (Å²) in [7, 11) is 1.87. The van der Waals surface area contributed by atoms with Crippen LogP contribution in [0.25, 0.3) is 0 Å². The van der Waals surface area contributed by atoms with E-state index in [1.807, 2.05) is 19.3 Å². The van der Waals surface area contributed by atoms with E-state index >= 15 is 0 Å². The Morgan fingerprint density at radius 1 is 1.47 bits per heavy atom. The van der Waals surface area contributed by atoms with Crippen LogP contribution in [0, 0.1) is 0 Å². The van der Waals surface area contributed by atoms with Gasteiger partial charge in [-0.25, -0.2) is 0 Å². The lowest BCUT2D eigenvalue weighted by Gasteiger charge is -2.07. The number of halogens is 1. The third kappa shape index (κ3) is 3.57. The number of carbonyl (C=O) groups excluding carboxylic acids is 1. The first-order chi connectivity index (χ1) is 9.06. The predicted molar refractivity (Wildman–Crippen MR) is 77.8 cm³/mol. The molecule has 1 aromatic heterocycles. The van der Waals surface area contributed by atoms with Gasteiger partial charge in [-0.2, -0.15) is 5.10 Å². The first kappa shape index (κ1) is 13.6. The van der Waals surface area contributed by atoms with Crippen LogP contribution in [0.2, 0.25) is 0 Å². The van der Waals surface area contributed by atoms with Crippen LogP contribution < -0.4 is 11.1 Å². The van der Waals surface area contributed by atoms with E-state index in [0.717, 1.165) is 10.2 Å². The molecule has 100 valence electrons. The quantitative estimate of drug-likeness (QED) is 0.842. The summed E-state index contributed by atoms with van der Waals surface area (Å²) >= 11 is 3.32. The Balaban J connectivity index is 1.92. The highest BCUT2D eigenvalue weighted by Crippen LogP contribution is 2.18. The van der Waals surface area contributed by atoms with Gasteiger partial charge in [-0.05, 0) is 24.3 Å². The molecule has 2 aromatic rings. The molecule has 19 heavy (non-hydrogen) atoms. The number of hydrogen-bond acceptors (Lipinski definition) is 3. The fourth-order valence-electron chi connectivity index (χ4n) is 1.72. The molecule has 6 heteroatoms. The molecule has 0 saturated heterocycles. The number of nitrogen functional groups attached to an aromatic ring is 1. The van der Waals surface area contributed by atoms with E-state index in [1.54, 1.807) is 22.9 Å². The van der Waals surface area contributed by atoms with Crippen molar-refractivity contribution in [2.24, 2.45) is 7.05 Å². The summed E-state index contributed by atoms with van der Waals surface area (Å²) in [6.45, 7) is 0.530. The molecule has 1 aromatic carbocycles. The Morgan fingerprint density at radius 2 is 2.26 bits per heavy atom. The lowest BCUT2D eigenvalue weighted by molar-refractivity contribution is 0.0955. The number of aromatic nitrogens is 2. The summed E-state index contributed by atoms with van der Waals surface area (Å²) < 4.78 is 2.57. The number of benzene rings is 1. The maximum absolute atomic E-state index is 12.0. The van der Waals surface area contributed by atoms with E-state index in [1.165, 1.54) is 0 Å². The van der Waals surface area contributed by atoms with E-state index in [4.69, 9.17) is 5.73 Å². The van der Waals surface area contributed by atoms with Gasteiger partial charge in [0.05, 0.1) is 11.3 Å². The highest BCUT2D eigenvalue weighted by molar-refractivity contribution is 9.10. The number of hydrogen-bond donors (Lipinski definition) is 2. The molecular weight excluding hydrogens is 308 g/mol. The molecule has 0 saturated carbocycles. The molecule has 0 unspecified atom stereocenters. The lowest BCUT2D eigenvalue weighted by atomic mass is 10.1. The molecule has 0 fully saturated rings. The van der Waals surface area contributed by atoms with Crippen LogP contribution in [-0.4, -0.2) is 22.2 Å². The van der Waals surface area contributed by atoms with Gasteiger partial charge in [0.1, 0.15) is 0 Å². The predicted octanol–water partition coefficient (Wildman–Crippen LogP) is 1.74.